The molecule has 0 bridgehead atoms. The summed E-state index contributed by atoms with van der Waals surface area (Å²) in [5, 5.41) is 3.26. The summed E-state index contributed by atoms with van der Waals surface area (Å²) in [5.74, 6) is 4.57. The number of nitrogens with one attached hydrogen (secondary N) is 1. The van der Waals surface area contributed by atoms with Gasteiger partial charge in [-0.3, -0.25) is 0 Å². The first kappa shape index (κ1) is 13.0. The Labute approximate surface area is 105 Å². The van der Waals surface area contributed by atoms with E-state index in [2.05, 4.69) is 51.0 Å². The third-order valence-corrected chi connectivity index (χ3v) is 2.45. The van der Waals surface area contributed by atoms with Gasteiger partial charge in [0.2, 0.25) is 0 Å². The maximum absolute atomic E-state index is 5.26. The van der Waals surface area contributed by atoms with Crippen molar-refractivity contribution in [1.82, 2.24) is 9.97 Å². The maximum atomic E-state index is 5.26. The molecule has 86 valence electrons. The first-order valence-corrected chi connectivity index (χ1v) is 6.06. The molecule has 1 N–H and O–H groups in total. The second-order valence-electron chi connectivity index (χ2n) is 4.04. The second-order valence-corrected chi connectivity index (χ2v) is 4.85. The fraction of sp³-hybridized carbons (Fsp3) is 0.500. The van der Waals surface area contributed by atoms with Crippen molar-refractivity contribution in [3.05, 3.63) is 16.5 Å². The van der Waals surface area contributed by atoms with Gasteiger partial charge in [-0.25, -0.2) is 9.97 Å². The highest BCUT2D eigenvalue weighted by atomic mass is 79.9. The number of rotatable bonds is 4. The first-order valence-electron chi connectivity index (χ1n) is 5.27. The maximum Gasteiger partial charge on any atom is 0.134 e. The lowest BCUT2D eigenvalue weighted by Crippen LogP contribution is -2.16. The Balaban J connectivity index is 2.85. The highest BCUT2D eigenvalue weighted by Gasteiger charge is 2.08. The van der Waals surface area contributed by atoms with Gasteiger partial charge >= 0.3 is 0 Å². The van der Waals surface area contributed by atoms with E-state index >= 15 is 0 Å². The van der Waals surface area contributed by atoms with Gasteiger partial charge in [-0.1, -0.05) is 13.8 Å². The Morgan fingerprint density at radius 1 is 1.44 bits per heavy atom. The molecule has 0 aromatic carbocycles. The fourth-order valence-corrected chi connectivity index (χ4v) is 1.65. The lowest BCUT2D eigenvalue weighted by molar-refractivity contribution is 0.758. The summed E-state index contributed by atoms with van der Waals surface area (Å²) in [4.78, 5) is 8.75. The molecule has 0 aliphatic carbocycles. The van der Waals surface area contributed by atoms with E-state index in [9.17, 15) is 0 Å². The molecule has 0 saturated carbocycles. The molecule has 0 spiro atoms. The third kappa shape index (κ3) is 3.82. The number of anilines is 1. The number of nitrogens with zero attached hydrogens (tertiary/aromatic N) is 2. The molecule has 0 fully saturated rings. The summed E-state index contributed by atoms with van der Waals surface area (Å²) < 4.78 is 0.793. The molecule has 3 nitrogen and oxygen atoms in total. The zero-order valence-corrected chi connectivity index (χ0v) is 11.4. The van der Waals surface area contributed by atoms with E-state index in [1.165, 1.54) is 0 Å². The molecule has 1 aromatic rings. The molecule has 1 rings (SSSR count). The van der Waals surface area contributed by atoms with E-state index in [1.54, 1.807) is 0 Å². The number of aromatic nitrogens is 2. The van der Waals surface area contributed by atoms with E-state index in [0.717, 1.165) is 16.2 Å². The van der Waals surface area contributed by atoms with Gasteiger partial charge in [0, 0.05) is 24.4 Å². The van der Waals surface area contributed by atoms with Crippen LogP contribution in [0, 0.1) is 12.3 Å². The molecule has 0 aliphatic rings. The van der Waals surface area contributed by atoms with Crippen molar-refractivity contribution in [2.75, 3.05) is 5.32 Å². The SMILES string of the molecule is C#CCC(C)Nc1cc(Br)nc(C(C)C)n1. The van der Waals surface area contributed by atoms with Crippen LogP contribution in [0.15, 0.2) is 10.7 Å². The van der Waals surface area contributed by atoms with Gasteiger partial charge in [-0.2, -0.15) is 0 Å². The Hall–Kier alpha value is -1.08. The summed E-state index contributed by atoms with van der Waals surface area (Å²) in [5.41, 5.74) is 0. The van der Waals surface area contributed by atoms with Gasteiger partial charge in [0.05, 0.1) is 0 Å². The van der Waals surface area contributed by atoms with Gasteiger partial charge in [-0.05, 0) is 22.9 Å². The van der Waals surface area contributed by atoms with Crippen molar-refractivity contribution in [3.8, 4) is 12.3 Å². The standard InChI is InChI=1S/C12H16BrN3/c1-5-6-9(4)14-11-7-10(13)15-12(16-11)8(2)3/h1,7-9H,6H2,2-4H3,(H,14,15,16). The van der Waals surface area contributed by atoms with Crippen LogP contribution in [0.25, 0.3) is 0 Å². The van der Waals surface area contributed by atoms with Crippen LogP contribution in [0.4, 0.5) is 5.82 Å². The monoisotopic (exact) mass is 281 g/mol. The van der Waals surface area contributed by atoms with Crippen LogP contribution in [0.3, 0.4) is 0 Å². The van der Waals surface area contributed by atoms with Crippen LogP contribution >= 0.6 is 15.9 Å². The Morgan fingerprint density at radius 3 is 2.69 bits per heavy atom. The minimum atomic E-state index is 0.215. The smallest absolute Gasteiger partial charge is 0.134 e. The van der Waals surface area contributed by atoms with Crippen molar-refractivity contribution < 1.29 is 0 Å². The van der Waals surface area contributed by atoms with Crippen molar-refractivity contribution in [3.63, 3.8) is 0 Å². The Bertz CT molecular complexity index is 396. The Morgan fingerprint density at radius 2 is 2.12 bits per heavy atom. The predicted octanol–water partition coefficient (Wildman–Crippen LogP) is 3.19. The molecule has 0 amide bonds. The van der Waals surface area contributed by atoms with Crippen LogP contribution in [-0.2, 0) is 0 Å². The van der Waals surface area contributed by atoms with Crippen LogP contribution < -0.4 is 5.32 Å². The third-order valence-electron chi connectivity index (χ3n) is 2.05. The molecule has 16 heavy (non-hydrogen) atoms. The minimum absolute atomic E-state index is 0.215. The molecule has 0 radical (unpaired) electrons. The summed E-state index contributed by atoms with van der Waals surface area (Å²) in [6, 6.07) is 2.07. The zero-order valence-electron chi connectivity index (χ0n) is 9.79. The molecule has 0 saturated heterocycles. The molecular formula is C12H16BrN3. The summed E-state index contributed by atoms with van der Waals surface area (Å²) >= 11 is 3.38. The van der Waals surface area contributed by atoms with Crippen molar-refractivity contribution in [2.24, 2.45) is 0 Å². The second kappa shape index (κ2) is 5.86. The van der Waals surface area contributed by atoms with Crippen molar-refractivity contribution in [2.45, 2.75) is 39.2 Å². The van der Waals surface area contributed by atoms with Crippen LogP contribution in [0.5, 0.6) is 0 Å². The number of hydrogen-bond acceptors (Lipinski definition) is 3. The van der Waals surface area contributed by atoms with E-state index < -0.39 is 0 Å². The topological polar surface area (TPSA) is 37.8 Å². The molecule has 1 atom stereocenters. The molecule has 1 unspecified atom stereocenters. The number of hydrogen-bond donors (Lipinski definition) is 1. The van der Waals surface area contributed by atoms with Gasteiger partial charge in [0.25, 0.3) is 0 Å². The van der Waals surface area contributed by atoms with E-state index in [1.807, 2.05) is 13.0 Å². The number of halogens is 1. The normalized spacial score (nSPS) is 12.2. The lowest BCUT2D eigenvalue weighted by atomic mass is 10.2. The summed E-state index contributed by atoms with van der Waals surface area (Å²) in [6.45, 7) is 6.16. The fourth-order valence-electron chi connectivity index (χ4n) is 1.25. The average molecular weight is 282 g/mol. The highest BCUT2D eigenvalue weighted by molar-refractivity contribution is 9.10. The van der Waals surface area contributed by atoms with Crippen LogP contribution in [0.2, 0.25) is 0 Å². The lowest BCUT2D eigenvalue weighted by Gasteiger charge is -2.13. The highest BCUT2D eigenvalue weighted by Crippen LogP contribution is 2.18. The quantitative estimate of drug-likeness (QED) is 0.680. The summed E-state index contributed by atoms with van der Waals surface area (Å²) in [6.07, 6.45) is 5.94. The first-order chi connectivity index (χ1) is 7.52. The molecule has 1 aromatic heterocycles. The molecule has 4 heteroatoms. The molecule has 1 heterocycles. The summed E-state index contributed by atoms with van der Waals surface area (Å²) in [7, 11) is 0. The van der Waals surface area contributed by atoms with Gasteiger partial charge < -0.3 is 5.32 Å². The van der Waals surface area contributed by atoms with E-state index in [4.69, 9.17) is 6.42 Å². The van der Waals surface area contributed by atoms with Crippen molar-refractivity contribution >= 4 is 21.7 Å². The Kier molecular flexibility index (Phi) is 4.75. The van der Waals surface area contributed by atoms with Crippen LogP contribution in [-0.4, -0.2) is 16.0 Å². The molecular weight excluding hydrogens is 266 g/mol. The molecule has 0 aliphatic heterocycles. The van der Waals surface area contributed by atoms with E-state index in [-0.39, 0.29) is 6.04 Å². The van der Waals surface area contributed by atoms with Gasteiger partial charge in [-0.15, -0.1) is 12.3 Å². The van der Waals surface area contributed by atoms with Gasteiger partial charge in [0.15, 0.2) is 0 Å². The minimum Gasteiger partial charge on any atom is -0.367 e. The zero-order chi connectivity index (χ0) is 12.1. The average Bonchev–Trinajstić information content (AvgIpc) is 2.16. The van der Waals surface area contributed by atoms with E-state index in [0.29, 0.717) is 12.3 Å². The largest absolute Gasteiger partial charge is 0.367 e. The van der Waals surface area contributed by atoms with Crippen molar-refractivity contribution in [1.29, 1.82) is 0 Å². The predicted molar refractivity (Wildman–Crippen MR) is 70.4 cm³/mol. The number of terminal acetylenes is 1. The van der Waals surface area contributed by atoms with Gasteiger partial charge in [0.1, 0.15) is 16.2 Å². The van der Waals surface area contributed by atoms with Crippen LogP contribution in [0.1, 0.15) is 38.9 Å².